The van der Waals surface area contributed by atoms with Crippen molar-refractivity contribution in [2.45, 2.75) is 32.6 Å². The minimum Gasteiger partial charge on any atom is -0.481 e. The molecule has 0 unspecified atom stereocenters. The Morgan fingerprint density at radius 3 is 2.33 bits per heavy atom. The third-order valence-electron chi connectivity index (χ3n) is 2.45. The predicted octanol–water partition coefficient (Wildman–Crippen LogP) is 3.29. The smallest absolute Gasteiger partial charge is 0.303 e. The SMILES string of the molecule is CC(C)C[C@H](CC(=O)O)c1ccccc1. The van der Waals surface area contributed by atoms with Crippen LogP contribution in [-0.2, 0) is 4.79 Å². The van der Waals surface area contributed by atoms with E-state index in [-0.39, 0.29) is 12.3 Å². The fraction of sp³-hybridized carbons (Fsp3) is 0.462. The zero-order chi connectivity index (χ0) is 11.3. The zero-order valence-corrected chi connectivity index (χ0v) is 9.31. The highest BCUT2D eigenvalue weighted by Crippen LogP contribution is 2.26. The highest BCUT2D eigenvalue weighted by atomic mass is 16.4. The van der Waals surface area contributed by atoms with E-state index in [1.807, 2.05) is 30.3 Å². The summed E-state index contributed by atoms with van der Waals surface area (Å²) < 4.78 is 0. The summed E-state index contributed by atoms with van der Waals surface area (Å²) in [5.41, 5.74) is 1.13. The van der Waals surface area contributed by atoms with Crippen LogP contribution in [0.25, 0.3) is 0 Å². The number of hydrogen-bond acceptors (Lipinski definition) is 1. The second-order valence-corrected chi connectivity index (χ2v) is 4.34. The van der Waals surface area contributed by atoms with E-state index in [1.165, 1.54) is 0 Å². The lowest BCUT2D eigenvalue weighted by Gasteiger charge is -2.17. The summed E-state index contributed by atoms with van der Waals surface area (Å²) in [5, 5.41) is 8.86. The van der Waals surface area contributed by atoms with Crippen LogP contribution in [0.15, 0.2) is 30.3 Å². The highest BCUT2D eigenvalue weighted by Gasteiger charge is 2.16. The molecule has 1 aromatic carbocycles. The van der Waals surface area contributed by atoms with Gasteiger partial charge in [0.05, 0.1) is 6.42 Å². The molecule has 0 aliphatic rings. The average molecular weight is 206 g/mol. The average Bonchev–Trinajstić information content (AvgIpc) is 2.17. The highest BCUT2D eigenvalue weighted by molar-refractivity contribution is 5.68. The number of hydrogen-bond donors (Lipinski definition) is 1. The molecule has 82 valence electrons. The van der Waals surface area contributed by atoms with Gasteiger partial charge in [0.25, 0.3) is 0 Å². The number of carboxylic acid groups (broad SMARTS) is 1. The van der Waals surface area contributed by atoms with E-state index in [4.69, 9.17) is 5.11 Å². The normalized spacial score (nSPS) is 12.7. The van der Waals surface area contributed by atoms with E-state index in [2.05, 4.69) is 13.8 Å². The Bertz CT molecular complexity index is 304. The van der Waals surface area contributed by atoms with Crippen LogP contribution in [-0.4, -0.2) is 11.1 Å². The van der Waals surface area contributed by atoms with Gasteiger partial charge in [-0.3, -0.25) is 4.79 Å². The molecule has 0 saturated heterocycles. The Kier molecular flexibility index (Phi) is 4.35. The van der Waals surface area contributed by atoms with Crippen LogP contribution in [0.5, 0.6) is 0 Å². The van der Waals surface area contributed by atoms with Gasteiger partial charge in [-0.05, 0) is 23.8 Å². The van der Waals surface area contributed by atoms with Gasteiger partial charge in [0.15, 0.2) is 0 Å². The van der Waals surface area contributed by atoms with Crippen LogP contribution in [0.4, 0.5) is 0 Å². The van der Waals surface area contributed by atoms with Gasteiger partial charge in [-0.1, -0.05) is 44.2 Å². The fourth-order valence-electron chi connectivity index (χ4n) is 1.84. The monoisotopic (exact) mass is 206 g/mol. The number of carbonyl (C=O) groups is 1. The van der Waals surface area contributed by atoms with Crippen LogP contribution < -0.4 is 0 Å². The minimum atomic E-state index is -0.718. The molecule has 0 aromatic heterocycles. The van der Waals surface area contributed by atoms with Crippen molar-refractivity contribution in [3.05, 3.63) is 35.9 Å². The molecular formula is C13H18O2. The van der Waals surface area contributed by atoms with Crippen LogP contribution in [0.1, 0.15) is 38.2 Å². The molecule has 0 spiro atoms. The van der Waals surface area contributed by atoms with E-state index in [0.717, 1.165) is 12.0 Å². The van der Waals surface area contributed by atoms with Crippen molar-refractivity contribution in [1.29, 1.82) is 0 Å². The van der Waals surface area contributed by atoms with Crippen molar-refractivity contribution in [3.63, 3.8) is 0 Å². The molecule has 1 aromatic rings. The first-order chi connectivity index (χ1) is 7.09. The summed E-state index contributed by atoms with van der Waals surface area (Å²) in [7, 11) is 0. The second kappa shape index (κ2) is 5.54. The third kappa shape index (κ3) is 4.15. The lowest BCUT2D eigenvalue weighted by Crippen LogP contribution is -2.08. The van der Waals surface area contributed by atoms with Crippen molar-refractivity contribution in [2.75, 3.05) is 0 Å². The van der Waals surface area contributed by atoms with Crippen molar-refractivity contribution >= 4 is 5.97 Å². The molecule has 0 saturated carbocycles. The van der Waals surface area contributed by atoms with Gasteiger partial charge in [-0.15, -0.1) is 0 Å². The molecular weight excluding hydrogens is 188 g/mol. The molecule has 0 aliphatic carbocycles. The summed E-state index contributed by atoms with van der Waals surface area (Å²) in [5.74, 6) is -0.0530. The molecule has 1 atom stereocenters. The van der Waals surface area contributed by atoms with Crippen molar-refractivity contribution < 1.29 is 9.90 Å². The molecule has 0 bridgehead atoms. The number of benzene rings is 1. The van der Waals surface area contributed by atoms with E-state index < -0.39 is 5.97 Å². The van der Waals surface area contributed by atoms with E-state index in [0.29, 0.717) is 5.92 Å². The summed E-state index contributed by atoms with van der Waals surface area (Å²) in [6.07, 6.45) is 1.15. The van der Waals surface area contributed by atoms with E-state index >= 15 is 0 Å². The minimum absolute atomic E-state index is 0.142. The summed E-state index contributed by atoms with van der Waals surface area (Å²) in [6.45, 7) is 4.25. The molecule has 0 fully saturated rings. The van der Waals surface area contributed by atoms with Gasteiger partial charge < -0.3 is 5.11 Å². The maximum absolute atomic E-state index is 10.8. The Hall–Kier alpha value is -1.31. The van der Waals surface area contributed by atoms with Gasteiger partial charge in [0.2, 0.25) is 0 Å². The lowest BCUT2D eigenvalue weighted by atomic mass is 9.88. The second-order valence-electron chi connectivity index (χ2n) is 4.34. The standard InChI is InChI=1S/C13H18O2/c1-10(2)8-12(9-13(14)15)11-6-4-3-5-7-11/h3-7,10,12H,8-9H2,1-2H3,(H,14,15)/t12-/m1/s1. The lowest BCUT2D eigenvalue weighted by molar-refractivity contribution is -0.137. The summed E-state index contributed by atoms with van der Waals surface area (Å²) >= 11 is 0. The topological polar surface area (TPSA) is 37.3 Å². The first-order valence-corrected chi connectivity index (χ1v) is 5.36. The van der Waals surface area contributed by atoms with E-state index in [1.54, 1.807) is 0 Å². The Morgan fingerprint density at radius 2 is 1.87 bits per heavy atom. The molecule has 2 heteroatoms. The van der Waals surface area contributed by atoms with Crippen molar-refractivity contribution in [2.24, 2.45) is 5.92 Å². The predicted molar refractivity (Wildman–Crippen MR) is 60.9 cm³/mol. The largest absolute Gasteiger partial charge is 0.481 e. The third-order valence-corrected chi connectivity index (χ3v) is 2.45. The Labute approximate surface area is 90.9 Å². The summed E-state index contributed by atoms with van der Waals surface area (Å²) in [6, 6.07) is 9.90. The number of aliphatic carboxylic acids is 1. The van der Waals surface area contributed by atoms with Crippen molar-refractivity contribution in [3.8, 4) is 0 Å². The van der Waals surface area contributed by atoms with Gasteiger partial charge in [0, 0.05) is 0 Å². The molecule has 0 radical (unpaired) electrons. The first kappa shape index (κ1) is 11.8. The Morgan fingerprint density at radius 1 is 1.27 bits per heavy atom. The molecule has 15 heavy (non-hydrogen) atoms. The molecule has 1 rings (SSSR count). The van der Waals surface area contributed by atoms with Gasteiger partial charge in [-0.2, -0.15) is 0 Å². The molecule has 2 nitrogen and oxygen atoms in total. The zero-order valence-electron chi connectivity index (χ0n) is 9.31. The van der Waals surface area contributed by atoms with Gasteiger partial charge >= 0.3 is 5.97 Å². The van der Waals surface area contributed by atoms with E-state index in [9.17, 15) is 4.79 Å². The molecule has 1 N–H and O–H groups in total. The maximum atomic E-state index is 10.8. The molecule has 0 heterocycles. The molecule has 0 aliphatic heterocycles. The maximum Gasteiger partial charge on any atom is 0.303 e. The van der Waals surface area contributed by atoms with Gasteiger partial charge in [0.1, 0.15) is 0 Å². The number of rotatable bonds is 5. The number of carboxylic acids is 1. The van der Waals surface area contributed by atoms with Crippen LogP contribution in [0.3, 0.4) is 0 Å². The quantitative estimate of drug-likeness (QED) is 0.802. The van der Waals surface area contributed by atoms with Gasteiger partial charge in [-0.25, -0.2) is 0 Å². The van der Waals surface area contributed by atoms with Crippen LogP contribution in [0.2, 0.25) is 0 Å². The summed E-state index contributed by atoms with van der Waals surface area (Å²) in [4.78, 5) is 10.8. The fourth-order valence-corrected chi connectivity index (χ4v) is 1.84. The van der Waals surface area contributed by atoms with Crippen LogP contribution in [0, 0.1) is 5.92 Å². The van der Waals surface area contributed by atoms with Crippen molar-refractivity contribution in [1.82, 2.24) is 0 Å². The Balaban J connectivity index is 2.76. The molecule has 0 amide bonds. The van der Waals surface area contributed by atoms with Crippen LogP contribution >= 0.6 is 0 Å². The first-order valence-electron chi connectivity index (χ1n) is 5.36.